The normalized spacial score (nSPS) is 12.3. The third-order valence-corrected chi connectivity index (χ3v) is 3.54. The van der Waals surface area contributed by atoms with Crippen LogP contribution in [-0.4, -0.2) is 0 Å². The maximum Gasteiger partial charge on any atom is 0.146 e. The number of anilines is 1. The van der Waals surface area contributed by atoms with Gasteiger partial charge in [-0.25, -0.2) is 13.2 Å². The lowest BCUT2D eigenvalue weighted by Crippen LogP contribution is -2.10. The Labute approximate surface area is 123 Å². The van der Waals surface area contributed by atoms with Crippen LogP contribution in [0.3, 0.4) is 0 Å². The maximum atomic E-state index is 13.9. The minimum absolute atomic E-state index is 0.160. The Morgan fingerprint density at radius 2 is 1.70 bits per heavy atom. The van der Waals surface area contributed by atoms with E-state index in [0.29, 0.717) is 4.47 Å². The van der Waals surface area contributed by atoms with Gasteiger partial charge in [0.25, 0.3) is 0 Å². The Morgan fingerprint density at radius 3 is 2.40 bits per heavy atom. The molecule has 0 heterocycles. The van der Waals surface area contributed by atoms with Crippen LogP contribution < -0.4 is 5.32 Å². The van der Waals surface area contributed by atoms with Crippen molar-refractivity contribution in [3.8, 4) is 0 Å². The first kappa shape index (κ1) is 14.9. The highest BCUT2D eigenvalue weighted by molar-refractivity contribution is 9.10. The predicted molar refractivity (Wildman–Crippen MR) is 77.2 cm³/mol. The van der Waals surface area contributed by atoms with E-state index in [-0.39, 0.29) is 16.8 Å². The van der Waals surface area contributed by atoms with Gasteiger partial charge < -0.3 is 5.32 Å². The van der Waals surface area contributed by atoms with Crippen molar-refractivity contribution in [3.63, 3.8) is 0 Å². The third-order valence-electron chi connectivity index (χ3n) is 3.04. The van der Waals surface area contributed by atoms with Crippen LogP contribution in [-0.2, 0) is 0 Å². The van der Waals surface area contributed by atoms with Crippen LogP contribution in [0.5, 0.6) is 0 Å². The molecular formula is C15H13BrF3N. The summed E-state index contributed by atoms with van der Waals surface area (Å²) in [7, 11) is 0. The summed E-state index contributed by atoms with van der Waals surface area (Å²) in [6.07, 6.45) is 0. The van der Waals surface area contributed by atoms with Gasteiger partial charge in [-0.3, -0.25) is 0 Å². The topological polar surface area (TPSA) is 12.0 Å². The highest BCUT2D eigenvalue weighted by atomic mass is 79.9. The lowest BCUT2D eigenvalue weighted by atomic mass is 10.0. The first-order chi connectivity index (χ1) is 9.38. The second-order valence-electron chi connectivity index (χ2n) is 4.61. The van der Waals surface area contributed by atoms with Gasteiger partial charge in [-0.05, 0) is 49.7 Å². The molecule has 1 nitrogen and oxygen atoms in total. The molecule has 0 spiro atoms. The van der Waals surface area contributed by atoms with Gasteiger partial charge in [-0.2, -0.15) is 0 Å². The molecule has 5 heteroatoms. The average Bonchev–Trinajstić information content (AvgIpc) is 2.38. The first-order valence-electron chi connectivity index (χ1n) is 6.05. The zero-order valence-electron chi connectivity index (χ0n) is 11.0. The summed E-state index contributed by atoms with van der Waals surface area (Å²) in [5, 5.41) is 2.84. The van der Waals surface area contributed by atoms with Crippen molar-refractivity contribution in [2.75, 3.05) is 5.32 Å². The summed E-state index contributed by atoms with van der Waals surface area (Å²) < 4.78 is 41.7. The summed E-state index contributed by atoms with van der Waals surface area (Å²) >= 11 is 3.24. The molecule has 1 N–H and O–H groups in total. The molecule has 0 aliphatic heterocycles. The fourth-order valence-electron chi connectivity index (χ4n) is 1.91. The number of halogens is 4. The van der Waals surface area contributed by atoms with Gasteiger partial charge in [-0.15, -0.1) is 0 Å². The zero-order valence-corrected chi connectivity index (χ0v) is 12.6. The second kappa shape index (κ2) is 5.87. The van der Waals surface area contributed by atoms with Crippen molar-refractivity contribution >= 4 is 21.6 Å². The fraction of sp³-hybridized carbons (Fsp3) is 0.200. The zero-order chi connectivity index (χ0) is 14.9. The monoisotopic (exact) mass is 343 g/mol. The van der Waals surface area contributed by atoms with E-state index in [1.807, 2.05) is 0 Å². The van der Waals surface area contributed by atoms with Crippen LogP contribution in [0.15, 0.2) is 34.8 Å². The molecule has 0 amide bonds. The van der Waals surface area contributed by atoms with Gasteiger partial charge in [0.15, 0.2) is 0 Å². The molecule has 20 heavy (non-hydrogen) atoms. The Kier molecular flexibility index (Phi) is 4.38. The molecule has 106 valence electrons. The summed E-state index contributed by atoms with van der Waals surface area (Å²) in [6, 6.07) is 6.13. The molecule has 0 saturated heterocycles. The number of hydrogen-bond acceptors (Lipinski definition) is 1. The van der Waals surface area contributed by atoms with Crippen molar-refractivity contribution in [2.24, 2.45) is 0 Å². The minimum atomic E-state index is -0.561. The van der Waals surface area contributed by atoms with Crippen molar-refractivity contribution < 1.29 is 13.2 Å². The van der Waals surface area contributed by atoms with Gasteiger partial charge >= 0.3 is 0 Å². The largest absolute Gasteiger partial charge is 0.376 e. The standard InChI is InChI=1S/C15H13BrF3N/c1-8-5-14(19)11(7-13(8)18)9(2)20-15-6-10(16)3-4-12(15)17/h3-7,9,20H,1-2H3. The molecule has 0 saturated carbocycles. The van der Waals surface area contributed by atoms with Crippen LogP contribution in [0.25, 0.3) is 0 Å². The van der Waals surface area contributed by atoms with E-state index in [4.69, 9.17) is 0 Å². The maximum absolute atomic E-state index is 13.9. The predicted octanol–water partition coefficient (Wildman–Crippen LogP) is 5.35. The van der Waals surface area contributed by atoms with Crippen molar-refractivity contribution in [2.45, 2.75) is 19.9 Å². The van der Waals surface area contributed by atoms with E-state index in [2.05, 4.69) is 21.2 Å². The van der Waals surface area contributed by atoms with Gasteiger partial charge in [0.05, 0.1) is 11.7 Å². The highest BCUT2D eigenvalue weighted by Crippen LogP contribution is 2.27. The molecule has 1 unspecified atom stereocenters. The molecule has 0 aliphatic carbocycles. The van der Waals surface area contributed by atoms with E-state index >= 15 is 0 Å². The van der Waals surface area contributed by atoms with Crippen molar-refractivity contribution in [1.29, 1.82) is 0 Å². The highest BCUT2D eigenvalue weighted by Gasteiger charge is 2.15. The summed E-state index contributed by atoms with van der Waals surface area (Å²) in [5.41, 5.74) is 0.631. The SMILES string of the molecule is Cc1cc(F)c(C(C)Nc2cc(Br)ccc2F)cc1F. The van der Waals surface area contributed by atoms with Crippen molar-refractivity contribution in [1.82, 2.24) is 0 Å². The molecule has 2 aromatic carbocycles. The van der Waals surface area contributed by atoms with Crippen molar-refractivity contribution in [3.05, 3.63) is 63.4 Å². The van der Waals surface area contributed by atoms with E-state index in [0.717, 1.165) is 12.1 Å². The summed E-state index contributed by atoms with van der Waals surface area (Å²) in [6.45, 7) is 3.14. The minimum Gasteiger partial charge on any atom is -0.376 e. The van der Waals surface area contributed by atoms with Gasteiger partial charge in [0.1, 0.15) is 17.5 Å². The summed E-state index contributed by atoms with van der Waals surface area (Å²) in [5.74, 6) is -1.45. The van der Waals surface area contributed by atoms with Crippen LogP contribution >= 0.6 is 15.9 Å². The molecule has 0 radical (unpaired) electrons. The smallest absolute Gasteiger partial charge is 0.146 e. The fourth-order valence-corrected chi connectivity index (χ4v) is 2.27. The van der Waals surface area contributed by atoms with Gasteiger partial charge in [0, 0.05) is 10.0 Å². The number of hydrogen-bond donors (Lipinski definition) is 1. The molecular weight excluding hydrogens is 331 g/mol. The Morgan fingerprint density at radius 1 is 1.00 bits per heavy atom. The van der Waals surface area contributed by atoms with Gasteiger partial charge in [0.2, 0.25) is 0 Å². The van der Waals surface area contributed by atoms with E-state index in [9.17, 15) is 13.2 Å². The first-order valence-corrected chi connectivity index (χ1v) is 6.85. The lowest BCUT2D eigenvalue weighted by Gasteiger charge is -2.18. The van der Waals surface area contributed by atoms with E-state index in [1.165, 1.54) is 13.0 Å². The Hall–Kier alpha value is -1.49. The quantitative estimate of drug-likeness (QED) is 0.792. The average molecular weight is 344 g/mol. The van der Waals surface area contributed by atoms with Crippen LogP contribution in [0.2, 0.25) is 0 Å². The van der Waals surface area contributed by atoms with Crippen LogP contribution in [0, 0.1) is 24.4 Å². The molecule has 0 fully saturated rings. The molecule has 2 aromatic rings. The number of benzene rings is 2. The Bertz CT molecular complexity index is 643. The number of nitrogens with one attached hydrogen (secondary N) is 1. The third kappa shape index (κ3) is 3.15. The lowest BCUT2D eigenvalue weighted by molar-refractivity contribution is 0.569. The molecule has 0 bridgehead atoms. The van der Waals surface area contributed by atoms with E-state index < -0.39 is 23.5 Å². The molecule has 0 aliphatic rings. The second-order valence-corrected chi connectivity index (χ2v) is 5.53. The van der Waals surface area contributed by atoms with E-state index in [1.54, 1.807) is 19.1 Å². The van der Waals surface area contributed by atoms with Crippen LogP contribution in [0.4, 0.5) is 18.9 Å². The number of aryl methyl sites for hydroxylation is 1. The number of rotatable bonds is 3. The van der Waals surface area contributed by atoms with Gasteiger partial charge in [-0.1, -0.05) is 15.9 Å². The summed E-state index contributed by atoms with van der Waals surface area (Å²) in [4.78, 5) is 0. The van der Waals surface area contributed by atoms with Crippen LogP contribution in [0.1, 0.15) is 24.1 Å². The molecule has 1 atom stereocenters. The molecule has 2 rings (SSSR count). The Balaban J connectivity index is 2.30. The molecule has 0 aromatic heterocycles.